The van der Waals surface area contributed by atoms with Crippen molar-refractivity contribution >= 4 is 65.2 Å². The first kappa shape index (κ1) is 66.0. The molecule has 0 aliphatic heterocycles. The van der Waals surface area contributed by atoms with Crippen molar-refractivity contribution in [1.29, 1.82) is 0 Å². The fourth-order valence-electron chi connectivity index (χ4n) is 7.28. The largest absolute Gasteiger partial charge is 0.481 e. The third-order valence-corrected chi connectivity index (χ3v) is 11.5. The number of guanidine groups is 1. The number of aliphatic hydroxyl groups is 2. The first-order valence-electron chi connectivity index (χ1n) is 24.9. The zero-order valence-electron chi connectivity index (χ0n) is 43.6. The maximum atomic E-state index is 14.1. The molecule has 27 heteroatoms. The number of carbonyl (C=O) groups is 10. The monoisotopic (exact) mass is 1060 g/mol. The van der Waals surface area contributed by atoms with E-state index in [0.717, 1.165) is 0 Å². The molecule has 1 aromatic rings. The van der Waals surface area contributed by atoms with Crippen molar-refractivity contribution in [1.82, 2.24) is 42.5 Å². The molecule has 27 nitrogen and oxygen atoms in total. The zero-order valence-corrected chi connectivity index (χ0v) is 43.6. The van der Waals surface area contributed by atoms with Gasteiger partial charge in [0.1, 0.15) is 48.3 Å². The molecule has 0 saturated heterocycles. The molecule has 1 aromatic carbocycles. The molecule has 0 unspecified atom stereocenters. The zero-order chi connectivity index (χ0) is 56.9. The summed E-state index contributed by atoms with van der Waals surface area (Å²) in [6.45, 7) is 8.27. The number of aliphatic hydroxyl groups excluding tert-OH is 2. The summed E-state index contributed by atoms with van der Waals surface area (Å²) in [4.78, 5) is 137. The molecular formula is C48H81N13O14. The number of carboxylic acids is 2. The maximum absolute atomic E-state index is 14.1. The molecule has 9 atom stereocenters. The van der Waals surface area contributed by atoms with Gasteiger partial charge in [-0.3, -0.25) is 48.1 Å². The van der Waals surface area contributed by atoms with Gasteiger partial charge in [0, 0.05) is 19.4 Å². The Morgan fingerprint density at radius 2 is 0.987 bits per heavy atom. The van der Waals surface area contributed by atoms with E-state index in [-0.39, 0.29) is 44.1 Å². The van der Waals surface area contributed by atoms with E-state index in [9.17, 15) is 68.4 Å². The van der Waals surface area contributed by atoms with Crippen molar-refractivity contribution < 1.29 is 68.4 Å². The molecule has 1 rings (SSSR count). The van der Waals surface area contributed by atoms with E-state index in [4.69, 9.17) is 22.9 Å². The highest BCUT2D eigenvalue weighted by atomic mass is 16.4. The van der Waals surface area contributed by atoms with Crippen LogP contribution in [0.25, 0.3) is 0 Å². The highest BCUT2D eigenvalue weighted by Crippen LogP contribution is 2.12. The summed E-state index contributed by atoms with van der Waals surface area (Å²) in [6.07, 6.45) is 0.191. The summed E-state index contributed by atoms with van der Waals surface area (Å²) < 4.78 is 0. The van der Waals surface area contributed by atoms with Crippen molar-refractivity contribution in [3.63, 3.8) is 0 Å². The summed E-state index contributed by atoms with van der Waals surface area (Å²) in [5.41, 5.74) is 22.8. The van der Waals surface area contributed by atoms with Crippen LogP contribution in [0.1, 0.15) is 98.5 Å². The number of amides is 8. The average Bonchev–Trinajstić information content (AvgIpc) is 3.34. The van der Waals surface area contributed by atoms with Crippen LogP contribution in [0.2, 0.25) is 0 Å². The van der Waals surface area contributed by atoms with Crippen molar-refractivity contribution in [3.8, 4) is 0 Å². The van der Waals surface area contributed by atoms with Crippen LogP contribution in [-0.4, -0.2) is 166 Å². The molecule has 8 amide bonds. The molecular weight excluding hydrogens is 983 g/mol. The van der Waals surface area contributed by atoms with Gasteiger partial charge in [-0.25, -0.2) is 4.79 Å². The Morgan fingerprint density at radius 3 is 1.48 bits per heavy atom. The van der Waals surface area contributed by atoms with E-state index in [1.165, 1.54) is 0 Å². The van der Waals surface area contributed by atoms with Crippen LogP contribution in [0.4, 0.5) is 0 Å². The number of nitrogens with zero attached hydrogens (tertiary/aromatic N) is 1. The quantitative estimate of drug-likeness (QED) is 0.0173. The van der Waals surface area contributed by atoms with E-state index < -0.39 is 151 Å². The van der Waals surface area contributed by atoms with Crippen molar-refractivity contribution in [3.05, 3.63) is 35.9 Å². The second kappa shape index (κ2) is 34.5. The predicted octanol–water partition coefficient (Wildman–Crippen LogP) is -4.09. The highest BCUT2D eigenvalue weighted by molar-refractivity contribution is 5.98. The smallest absolute Gasteiger partial charge is 0.326 e. The van der Waals surface area contributed by atoms with Gasteiger partial charge in [-0.2, -0.15) is 0 Å². The second-order valence-corrected chi connectivity index (χ2v) is 19.1. The van der Waals surface area contributed by atoms with Gasteiger partial charge in [0.15, 0.2) is 5.96 Å². The Hall–Kier alpha value is -6.97. The number of carboxylic acid groups (broad SMARTS) is 2. The lowest BCUT2D eigenvalue weighted by Crippen LogP contribution is -2.62. The van der Waals surface area contributed by atoms with Crippen LogP contribution in [0.15, 0.2) is 35.3 Å². The number of aliphatic imine (C=N–C) groups is 1. The molecule has 422 valence electrons. The lowest BCUT2D eigenvalue weighted by atomic mass is 9.99. The molecule has 0 bridgehead atoms. The fourth-order valence-corrected chi connectivity index (χ4v) is 7.28. The van der Waals surface area contributed by atoms with Crippen LogP contribution in [0.5, 0.6) is 0 Å². The number of nitrogens with two attached hydrogens (primary N) is 4. The van der Waals surface area contributed by atoms with Crippen molar-refractivity contribution in [2.45, 2.75) is 154 Å². The number of hydrogen-bond acceptors (Lipinski definition) is 15. The number of hydrogen-bond donors (Lipinski definition) is 16. The minimum absolute atomic E-state index is 0.0205. The number of rotatable bonds is 36. The third-order valence-electron chi connectivity index (χ3n) is 11.5. The maximum Gasteiger partial charge on any atom is 0.326 e. The van der Waals surface area contributed by atoms with Gasteiger partial charge in [-0.15, -0.1) is 0 Å². The molecule has 0 spiro atoms. The number of carbonyl (C=O) groups excluding carboxylic acids is 8. The summed E-state index contributed by atoms with van der Waals surface area (Å²) in [5.74, 6) is -11.8. The topological polar surface area (TPSA) is 464 Å². The first-order chi connectivity index (χ1) is 35.3. The molecule has 0 aliphatic carbocycles. The van der Waals surface area contributed by atoms with Crippen molar-refractivity contribution in [2.75, 3.05) is 26.3 Å². The second-order valence-electron chi connectivity index (χ2n) is 19.1. The Kier molecular flexibility index (Phi) is 30.4. The lowest BCUT2D eigenvalue weighted by Gasteiger charge is -2.29. The summed E-state index contributed by atoms with van der Waals surface area (Å²) in [7, 11) is 0. The van der Waals surface area contributed by atoms with Gasteiger partial charge in [0.2, 0.25) is 47.3 Å². The normalized spacial score (nSPS) is 14.8. The number of nitrogens with one attached hydrogen (secondary N) is 8. The van der Waals surface area contributed by atoms with Gasteiger partial charge in [-0.05, 0) is 68.4 Å². The third kappa shape index (κ3) is 25.2. The van der Waals surface area contributed by atoms with Gasteiger partial charge >= 0.3 is 11.9 Å². The van der Waals surface area contributed by atoms with Crippen LogP contribution in [-0.2, 0) is 54.4 Å². The molecule has 0 aromatic heterocycles. The average molecular weight is 1060 g/mol. The van der Waals surface area contributed by atoms with Crippen LogP contribution in [0.3, 0.4) is 0 Å². The minimum atomic E-state index is -1.78. The highest BCUT2D eigenvalue weighted by Gasteiger charge is 2.36. The van der Waals surface area contributed by atoms with E-state index in [1.54, 1.807) is 58.0 Å². The Bertz CT molecular complexity index is 2070. The molecule has 0 heterocycles. The molecule has 0 radical (unpaired) electrons. The molecule has 0 fully saturated rings. The predicted molar refractivity (Wildman–Crippen MR) is 274 cm³/mol. The summed E-state index contributed by atoms with van der Waals surface area (Å²) in [6, 6.07) is -4.87. The Balaban J connectivity index is 3.43. The number of aliphatic carboxylic acids is 2. The van der Waals surface area contributed by atoms with Crippen LogP contribution in [0, 0.1) is 17.8 Å². The van der Waals surface area contributed by atoms with Crippen LogP contribution >= 0.6 is 0 Å². The van der Waals surface area contributed by atoms with E-state index in [0.29, 0.717) is 31.4 Å². The van der Waals surface area contributed by atoms with Gasteiger partial charge in [0.05, 0.1) is 19.3 Å². The number of unbranched alkanes of at least 4 members (excludes halogenated alkanes) is 1. The SMILES string of the molecule is CC(C)C[C@H](NC(=O)[C@@H](N)CCCCN)C(=O)N[C@H](C(=O)N[C@@H](CO)C(=O)N[C@@H](CCC(=O)O)C(=O)N[C@@H](Cc1ccccc1)C(=O)N[C@@H](CO)C(=O)N[C@@H](CCCN=C(N)N)C(=O)N[C@H](C(=O)O)C(C)C)C(C)C. The fraction of sp³-hybridized carbons (Fsp3) is 0.646. The Labute approximate surface area is 436 Å². The molecule has 20 N–H and O–H groups in total. The van der Waals surface area contributed by atoms with Crippen LogP contribution < -0.4 is 65.5 Å². The Morgan fingerprint density at radius 1 is 0.533 bits per heavy atom. The van der Waals surface area contributed by atoms with E-state index >= 15 is 0 Å². The van der Waals surface area contributed by atoms with E-state index in [2.05, 4.69) is 47.5 Å². The first-order valence-corrected chi connectivity index (χ1v) is 24.9. The van der Waals surface area contributed by atoms with Crippen molar-refractivity contribution in [2.24, 2.45) is 45.7 Å². The molecule has 75 heavy (non-hydrogen) atoms. The summed E-state index contributed by atoms with van der Waals surface area (Å²) in [5, 5.41) is 59.3. The van der Waals surface area contributed by atoms with E-state index in [1.807, 2.05) is 13.8 Å². The van der Waals surface area contributed by atoms with Gasteiger partial charge < -0.3 is 85.9 Å². The number of benzene rings is 1. The standard InChI is InChI=1S/C48H81N13O14/c1-25(2)21-32(56-39(66)29(50)15-10-11-19-49)43(70)60-37(26(3)4)46(73)59-35(24-63)45(72)55-31(17-18-36(64)65)40(67)57-33(22-28-13-8-7-9-14-28)42(69)58-34(23-62)44(71)54-30(16-12-20-53-48(51)52)41(68)61-38(27(5)6)47(74)75/h7-9,13-14,25-27,29-35,37-38,62-63H,10-12,15-24,49-50H2,1-6H3,(H,54,71)(H,55,72)(H,56,66)(H,57,67)(H,58,69)(H,59,73)(H,60,70)(H,61,68)(H,64,65)(H,74,75)(H4,51,52,53)/t29-,30-,31-,32-,33-,34-,35-,37-,38-/m0/s1. The minimum Gasteiger partial charge on any atom is -0.481 e. The van der Waals surface area contributed by atoms with Gasteiger partial charge in [-0.1, -0.05) is 78.3 Å². The molecule has 0 saturated carbocycles. The lowest BCUT2D eigenvalue weighted by molar-refractivity contribution is -0.143. The van der Waals surface area contributed by atoms with Gasteiger partial charge in [0.25, 0.3) is 0 Å². The molecule has 0 aliphatic rings. The summed E-state index contributed by atoms with van der Waals surface area (Å²) >= 11 is 0.